The Labute approximate surface area is 119 Å². The van der Waals surface area contributed by atoms with Crippen LogP contribution < -0.4 is 10.9 Å². The monoisotopic (exact) mass is 268 g/mol. The molecule has 0 bridgehead atoms. The highest BCUT2D eigenvalue weighted by molar-refractivity contribution is 5.48. The van der Waals surface area contributed by atoms with E-state index in [1.807, 2.05) is 12.3 Å². The minimum Gasteiger partial charge on any atom is -0.376 e. The summed E-state index contributed by atoms with van der Waals surface area (Å²) in [5.74, 6) is 0. The third-order valence-corrected chi connectivity index (χ3v) is 4.19. The average molecular weight is 268 g/mol. The van der Waals surface area contributed by atoms with Crippen molar-refractivity contribution in [1.29, 1.82) is 0 Å². The zero-order valence-corrected chi connectivity index (χ0v) is 12.2. The lowest BCUT2D eigenvalue weighted by atomic mass is 9.85. The third-order valence-electron chi connectivity index (χ3n) is 4.19. The van der Waals surface area contributed by atoms with Crippen molar-refractivity contribution in [2.24, 2.45) is 12.5 Å². The Morgan fingerprint density at radius 1 is 1.20 bits per heavy atom. The molecule has 0 radical (unpaired) electrons. The first-order valence-electron chi connectivity index (χ1n) is 6.98. The molecule has 1 aliphatic rings. The predicted octanol–water partition coefficient (Wildman–Crippen LogP) is 3.12. The second kappa shape index (κ2) is 4.51. The Kier molecular flexibility index (Phi) is 2.93. The highest BCUT2D eigenvalue weighted by Crippen LogP contribution is 2.46. The van der Waals surface area contributed by atoms with Gasteiger partial charge < -0.3 is 9.88 Å². The van der Waals surface area contributed by atoms with Crippen LogP contribution in [0, 0.1) is 5.41 Å². The van der Waals surface area contributed by atoms with Gasteiger partial charge in [0.05, 0.1) is 11.7 Å². The molecule has 1 aliphatic carbocycles. The maximum Gasteiger partial charge on any atom is 0.250 e. The summed E-state index contributed by atoms with van der Waals surface area (Å²) < 4.78 is 1.61. The van der Waals surface area contributed by atoms with Crippen LogP contribution in [0.4, 0.5) is 5.69 Å². The van der Waals surface area contributed by atoms with Gasteiger partial charge in [-0.25, -0.2) is 0 Å². The molecule has 0 amide bonds. The van der Waals surface area contributed by atoms with Crippen molar-refractivity contribution in [3.63, 3.8) is 0 Å². The van der Waals surface area contributed by atoms with Crippen molar-refractivity contribution in [2.45, 2.75) is 26.3 Å². The van der Waals surface area contributed by atoms with Crippen LogP contribution in [0.15, 0.2) is 47.4 Å². The topological polar surface area (TPSA) is 34.0 Å². The van der Waals surface area contributed by atoms with E-state index in [1.165, 1.54) is 11.1 Å². The van der Waals surface area contributed by atoms with Crippen LogP contribution in [-0.2, 0) is 13.5 Å². The number of hydrogen-bond acceptors (Lipinski definition) is 2. The molecule has 1 heterocycles. The fourth-order valence-corrected chi connectivity index (χ4v) is 3.11. The molecule has 1 unspecified atom stereocenters. The molecule has 1 N–H and O–H groups in total. The van der Waals surface area contributed by atoms with Gasteiger partial charge in [0.25, 0.3) is 0 Å². The van der Waals surface area contributed by atoms with Crippen molar-refractivity contribution in [1.82, 2.24) is 4.57 Å². The van der Waals surface area contributed by atoms with E-state index in [0.717, 1.165) is 12.1 Å². The average Bonchev–Trinajstić information content (AvgIpc) is 2.65. The van der Waals surface area contributed by atoms with Crippen LogP contribution in [0.3, 0.4) is 0 Å². The van der Waals surface area contributed by atoms with Crippen molar-refractivity contribution in [3.8, 4) is 0 Å². The summed E-state index contributed by atoms with van der Waals surface area (Å²) in [7, 11) is 1.78. The summed E-state index contributed by atoms with van der Waals surface area (Å²) in [5.41, 5.74) is 3.95. The Balaban J connectivity index is 1.96. The van der Waals surface area contributed by atoms with Gasteiger partial charge in [-0.3, -0.25) is 4.79 Å². The Hall–Kier alpha value is -2.03. The number of fused-ring (bicyclic) bond motifs is 1. The van der Waals surface area contributed by atoms with Crippen molar-refractivity contribution >= 4 is 5.69 Å². The van der Waals surface area contributed by atoms with E-state index >= 15 is 0 Å². The third kappa shape index (κ3) is 2.13. The van der Waals surface area contributed by atoms with E-state index in [4.69, 9.17) is 0 Å². The highest BCUT2D eigenvalue weighted by atomic mass is 16.1. The summed E-state index contributed by atoms with van der Waals surface area (Å²) in [6.45, 7) is 4.57. The number of nitrogens with zero attached hydrogens (tertiary/aromatic N) is 1. The summed E-state index contributed by atoms with van der Waals surface area (Å²) in [5, 5.41) is 3.60. The number of rotatable bonds is 2. The second-order valence-corrected chi connectivity index (χ2v) is 6.31. The number of pyridine rings is 1. The molecule has 0 fully saturated rings. The van der Waals surface area contributed by atoms with E-state index in [-0.39, 0.29) is 17.0 Å². The van der Waals surface area contributed by atoms with Gasteiger partial charge in [0, 0.05) is 19.3 Å². The van der Waals surface area contributed by atoms with Crippen LogP contribution in [0.25, 0.3) is 0 Å². The maximum atomic E-state index is 11.5. The molecule has 1 atom stereocenters. The SMILES string of the molecule is Cn1cc(NC2c3ccccc3CC2(C)C)ccc1=O. The Bertz CT molecular complexity index is 700. The summed E-state index contributed by atoms with van der Waals surface area (Å²) in [6.07, 6.45) is 2.94. The van der Waals surface area contributed by atoms with E-state index in [9.17, 15) is 4.79 Å². The van der Waals surface area contributed by atoms with Gasteiger partial charge >= 0.3 is 0 Å². The summed E-state index contributed by atoms with van der Waals surface area (Å²) in [6, 6.07) is 12.3. The number of benzene rings is 1. The molecule has 0 saturated carbocycles. The van der Waals surface area contributed by atoms with Gasteiger partial charge in [0.2, 0.25) is 5.56 Å². The van der Waals surface area contributed by atoms with Gasteiger partial charge in [-0.05, 0) is 29.0 Å². The molecule has 0 aliphatic heterocycles. The highest BCUT2D eigenvalue weighted by Gasteiger charge is 2.38. The predicted molar refractivity (Wildman–Crippen MR) is 82.0 cm³/mol. The minimum atomic E-state index is 0.0154. The van der Waals surface area contributed by atoms with Crippen LogP contribution in [0.5, 0.6) is 0 Å². The van der Waals surface area contributed by atoms with Gasteiger partial charge in [-0.1, -0.05) is 38.1 Å². The smallest absolute Gasteiger partial charge is 0.250 e. The normalized spacial score (nSPS) is 19.6. The largest absolute Gasteiger partial charge is 0.376 e. The fraction of sp³-hybridized carbons (Fsp3) is 0.353. The van der Waals surface area contributed by atoms with Crippen molar-refractivity contribution in [3.05, 3.63) is 64.1 Å². The maximum absolute atomic E-state index is 11.5. The molecule has 1 aromatic heterocycles. The van der Waals surface area contributed by atoms with Crippen LogP contribution in [-0.4, -0.2) is 4.57 Å². The van der Waals surface area contributed by atoms with Crippen LogP contribution >= 0.6 is 0 Å². The Morgan fingerprint density at radius 3 is 2.70 bits per heavy atom. The van der Waals surface area contributed by atoms with Crippen molar-refractivity contribution < 1.29 is 0 Å². The molecule has 3 rings (SSSR count). The lowest BCUT2D eigenvalue weighted by Crippen LogP contribution is -2.25. The molecule has 3 heteroatoms. The Morgan fingerprint density at radius 2 is 1.95 bits per heavy atom. The quantitative estimate of drug-likeness (QED) is 0.908. The first-order chi connectivity index (χ1) is 9.47. The molecule has 20 heavy (non-hydrogen) atoms. The van der Waals surface area contributed by atoms with Gasteiger partial charge in [-0.2, -0.15) is 0 Å². The second-order valence-electron chi connectivity index (χ2n) is 6.31. The molecule has 104 valence electrons. The number of aromatic nitrogens is 1. The zero-order chi connectivity index (χ0) is 14.3. The molecular weight excluding hydrogens is 248 g/mol. The molecule has 0 saturated heterocycles. The van der Waals surface area contributed by atoms with Gasteiger partial charge in [0.15, 0.2) is 0 Å². The standard InChI is InChI=1S/C17H20N2O/c1-17(2)10-12-6-4-5-7-14(12)16(17)18-13-8-9-15(20)19(3)11-13/h4-9,11,16,18H,10H2,1-3H3. The van der Waals surface area contributed by atoms with Gasteiger partial charge in [0.1, 0.15) is 0 Å². The fourth-order valence-electron chi connectivity index (χ4n) is 3.11. The van der Waals surface area contributed by atoms with E-state index in [2.05, 4.69) is 43.4 Å². The number of anilines is 1. The minimum absolute atomic E-state index is 0.0154. The summed E-state index contributed by atoms with van der Waals surface area (Å²) in [4.78, 5) is 11.5. The molecule has 3 nitrogen and oxygen atoms in total. The van der Waals surface area contributed by atoms with Crippen LogP contribution in [0.1, 0.15) is 31.0 Å². The van der Waals surface area contributed by atoms with Crippen molar-refractivity contribution in [2.75, 3.05) is 5.32 Å². The number of nitrogens with one attached hydrogen (secondary N) is 1. The lowest BCUT2D eigenvalue weighted by molar-refractivity contribution is 0.337. The summed E-state index contributed by atoms with van der Waals surface area (Å²) >= 11 is 0. The first kappa shape index (κ1) is 13.0. The molecular formula is C17H20N2O. The van der Waals surface area contributed by atoms with E-state index in [1.54, 1.807) is 17.7 Å². The first-order valence-corrected chi connectivity index (χ1v) is 6.98. The van der Waals surface area contributed by atoms with Crippen LogP contribution in [0.2, 0.25) is 0 Å². The number of aryl methyl sites for hydroxylation is 1. The lowest BCUT2D eigenvalue weighted by Gasteiger charge is -2.29. The number of hydrogen-bond donors (Lipinski definition) is 1. The van der Waals surface area contributed by atoms with E-state index < -0.39 is 0 Å². The van der Waals surface area contributed by atoms with Gasteiger partial charge in [-0.15, -0.1) is 0 Å². The molecule has 1 aromatic carbocycles. The molecule has 0 spiro atoms. The van der Waals surface area contributed by atoms with E-state index in [0.29, 0.717) is 0 Å². The molecule has 2 aromatic rings. The zero-order valence-electron chi connectivity index (χ0n) is 12.2.